The van der Waals surface area contributed by atoms with E-state index in [1.54, 1.807) is 0 Å². The van der Waals surface area contributed by atoms with Gasteiger partial charge in [0.2, 0.25) is 0 Å². The lowest BCUT2D eigenvalue weighted by Gasteiger charge is -2.25. The van der Waals surface area contributed by atoms with Gasteiger partial charge in [0.25, 0.3) is 0 Å². The van der Waals surface area contributed by atoms with E-state index in [-0.39, 0.29) is 12.1 Å². The van der Waals surface area contributed by atoms with Gasteiger partial charge in [-0.3, -0.25) is 4.79 Å². The van der Waals surface area contributed by atoms with E-state index >= 15 is 0 Å². The summed E-state index contributed by atoms with van der Waals surface area (Å²) >= 11 is 0. The first-order chi connectivity index (χ1) is 6.00. The Morgan fingerprint density at radius 2 is 1.85 bits per heavy atom. The highest BCUT2D eigenvalue weighted by atomic mass is 16.7. The molecule has 1 fully saturated rings. The van der Waals surface area contributed by atoms with Crippen LogP contribution in [0, 0.1) is 5.41 Å². The number of carbonyl (C=O) groups is 1. The van der Waals surface area contributed by atoms with Crippen molar-refractivity contribution < 1.29 is 19.0 Å². The van der Waals surface area contributed by atoms with E-state index < -0.39 is 5.41 Å². The van der Waals surface area contributed by atoms with Gasteiger partial charge in [0.1, 0.15) is 12.9 Å². The van der Waals surface area contributed by atoms with E-state index in [9.17, 15) is 4.79 Å². The summed E-state index contributed by atoms with van der Waals surface area (Å²) in [5.74, 6) is -0.216. The van der Waals surface area contributed by atoms with Crippen LogP contribution in [0.2, 0.25) is 0 Å². The molecule has 1 rings (SSSR count). The minimum Gasteiger partial charge on any atom is -0.457 e. The van der Waals surface area contributed by atoms with Crippen molar-refractivity contribution in [3.63, 3.8) is 0 Å². The predicted molar refractivity (Wildman–Crippen MR) is 46.1 cm³/mol. The highest BCUT2D eigenvalue weighted by molar-refractivity contribution is 5.75. The lowest BCUT2D eigenvalue weighted by Crippen LogP contribution is -2.36. The second kappa shape index (κ2) is 4.07. The largest absolute Gasteiger partial charge is 0.457 e. The molecule has 4 heteroatoms. The van der Waals surface area contributed by atoms with Crippen LogP contribution in [0.3, 0.4) is 0 Å². The van der Waals surface area contributed by atoms with Gasteiger partial charge in [-0.05, 0) is 20.8 Å². The minimum absolute atomic E-state index is 0.216. The Bertz CT molecular complexity index is 177. The van der Waals surface area contributed by atoms with Crippen molar-refractivity contribution >= 4 is 5.97 Å². The molecule has 0 N–H and O–H groups in total. The molecule has 0 atom stereocenters. The molecule has 0 aliphatic carbocycles. The van der Waals surface area contributed by atoms with Crippen molar-refractivity contribution in [3.8, 4) is 0 Å². The van der Waals surface area contributed by atoms with Crippen LogP contribution in [0.1, 0.15) is 20.8 Å². The maximum atomic E-state index is 11.4. The molecule has 0 unspecified atom stereocenters. The number of rotatable bonds is 1. The molecule has 4 nitrogen and oxygen atoms in total. The van der Waals surface area contributed by atoms with Gasteiger partial charge < -0.3 is 14.2 Å². The van der Waals surface area contributed by atoms with Crippen molar-refractivity contribution in [2.45, 2.75) is 26.9 Å². The normalized spacial score (nSPS) is 19.9. The molecule has 0 amide bonds. The van der Waals surface area contributed by atoms with E-state index in [1.807, 2.05) is 20.8 Å². The van der Waals surface area contributed by atoms with Gasteiger partial charge in [0.05, 0.1) is 18.6 Å². The zero-order valence-electron chi connectivity index (χ0n) is 8.33. The molecule has 0 bridgehead atoms. The topological polar surface area (TPSA) is 44.8 Å². The standard InChI is InChI=1S/C9H16O4/c1-9(2,3)8(10)13-7-4-11-6-12-5-7/h7H,4-6H2,1-3H3. The van der Waals surface area contributed by atoms with Gasteiger partial charge >= 0.3 is 5.97 Å². The van der Waals surface area contributed by atoms with Crippen LogP contribution in [-0.4, -0.2) is 32.1 Å². The summed E-state index contributed by atoms with van der Waals surface area (Å²) in [6.45, 7) is 6.62. The average Bonchev–Trinajstić information content (AvgIpc) is 2.04. The maximum Gasteiger partial charge on any atom is 0.311 e. The molecule has 0 saturated carbocycles. The van der Waals surface area contributed by atoms with Crippen LogP contribution in [0.25, 0.3) is 0 Å². The van der Waals surface area contributed by atoms with Crippen LogP contribution >= 0.6 is 0 Å². The van der Waals surface area contributed by atoms with Crippen molar-refractivity contribution in [2.75, 3.05) is 20.0 Å². The Morgan fingerprint density at radius 1 is 1.31 bits per heavy atom. The molecule has 1 aliphatic heterocycles. The van der Waals surface area contributed by atoms with Crippen LogP contribution in [0.4, 0.5) is 0 Å². The Balaban J connectivity index is 2.35. The first-order valence-corrected chi connectivity index (χ1v) is 4.37. The van der Waals surface area contributed by atoms with E-state index in [2.05, 4.69) is 0 Å². The Kier molecular flexibility index (Phi) is 3.27. The number of hydrogen-bond acceptors (Lipinski definition) is 4. The highest BCUT2D eigenvalue weighted by Gasteiger charge is 2.27. The zero-order chi connectivity index (χ0) is 9.90. The maximum absolute atomic E-state index is 11.4. The van der Waals surface area contributed by atoms with Crippen LogP contribution in [-0.2, 0) is 19.0 Å². The summed E-state index contributed by atoms with van der Waals surface area (Å²) in [7, 11) is 0. The molecular formula is C9H16O4. The van der Waals surface area contributed by atoms with Crippen LogP contribution in [0.5, 0.6) is 0 Å². The third kappa shape index (κ3) is 3.32. The SMILES string of the molecule is CC(C)(C)C(=O)OC1COCOC1. The number of hydrogen-bond donors (Lipinski definition) is 0. The average molecular weight is 188 g/mol. The number of ether oxygens (including phenoxy) is 3. The summed E-state index contributed by atoms with van der Waals surface area (Å²) < 4.78 is 15.2. The molecule has 0 aromatic heterocycles. The smallest absolute Gasteiger partial charge is 0.311 e. The van der Waals surface area contributed by atoms with Crippen molar-refractivity contribution in [1.29, 1.82) is 0 Å². The fraction of sp³-hybridized carbons (Fsp3) is 0.889. The molecule has 0 aromatic rings. The predicted octanol–water partition coefficient (Wildman–Crippen LogP) is 0.949. The summed E-state index contributed by atoms with van der Waals surface area (Å²) in [5.41, 5.74) is -0.461. The van der Waals surface area contributed by atoms with Crippen LogP contribution < -0.4 is 0 Å². The van der Waals surface area contributed by atoms with E-state index in [0.717, 1.165) is 0 Å². The van der Waals surface area contributed by atoms with Gasteiger partial charge in [-0.25, -0.2) is 0 Å². The van der Waals surface area contributed by atoms with E-state index in [4.69, 9.17) is 14.2 Å². The second-order valence-corrected chi connectivity index (χ2v) is 4.14. The van der Waals surface area contributed by atoms with Crippen molar-refractivity contribution in [2.24, 2.45) is 5.41 Å². The second-order valence-electron chi connectivity index (χ2n) is 4.14. The molecule has 0 spiro atoms. The Hall–Kier alpha value is -0.610. The summed E-state index contributed by atoms with van der Waals surface area (Å²) in [5, 5.41) is 0. The van der Waals surface area contributed by atoms with Crippen molar-refractivity contribution in [1.82, 2.24) is 0 Å². The van der Waals surface area contributed by atoms with Gasteiger partial charge in [-0.15, -0.1) is 0 Å². The van der Waals surface area contributed by atoms with Gasteiger partial charge in [0, 0.05) is 0 Å². The number of carbonyl (C=O) groups excluding carboxylic acids is 1. The molecule has 1 heterocycles. The summed E-state index contributed by atoms with van der Waals surface area (Å²) in [6.07, 6.45) is -0.250. The minimum atomic E-state index is -0.461. The van der Waals surface area contributed by atoms with Crippen LogP contribution in [0.15, 0.2) is 0 Å². The van der Waals surface area contributed by atoms with Gasteiger partial charge in [-0.2, -0.15) is 0 Å². The summed E-state index contributed by atoms with van der Waals surface area (Å²) in [6, 6.07) is 0. The molecule has 0 radical (unpaired) electrons. The van der Waals surface area contributed by atoms with Crippen molar-refractivity contribution in [3.05, 3.63) is 0 Å². The van der Waals surface area contributed by atoms with Gasteiger partial charge in [-0.1, -0.05) is 0 Å². The molecule has 0 aromatic carbocycles. The fourth-order valence-corrected chi connectivity index (χ4v) is 0.862. The van der Waals surface area contributed by atoms with E-state index in [1.165, 1.54) is 0 Å². The Labute approximate surface area is 78.2 Å². The van der Waals surface area contributed by atoms with E-state index in [0.29, 0.717) is 20.0 Å². The molecule has 76 valence electrons. The first kappa shape index (κ1) is 10.5. The van der Waals surface area contributed by atoms with Gasteiger partial charge in [0.15, 0.2) is 0 Å². The molecular weight excluding hydrogens is 172 g/mol. The first-order valence-electron chi connectivity index (χ1n) is 4.37. The fourth-order valence-electron chi connectivity index (χ4n) is 0.862. The quantitative estimate of drug-likeness (QED) is 0.575. The number of esters is 1. The Morgan fingerprint density at radius 3 is 2.31 bits per heavy atom. The molecule has 1 aliphatic rings. The highest BCUT2D eigenvalue weighted by Crippen LogP contribution is 2.17. The lowest BCUT2D eigenvalue weighted by molar-refractivity contribution is -0.189. The lowest BCUT2D eigenvalue weighted by atomic mass is 9.97. The molecule has 13 heavy (non-hydrogen) atoms. The zero-order valence-corrected chi connectivity index (χ0v) is 8.33. The summed E-state index contributed by atoms with van der Waals surface area (Å²) in [4.78, 5) is 11.4. The third-order valence-corrected chi connectivity index (χ3v) is 1.66. The monoisotopic (exact) mass is 188 g/mol. The third-order valence-electron chi connectivity index (χ3n) is 1.66. The molecule has 1 saturated heterocycles.